The lowest BCUT2D eigenvalue weighted by Crippen LogP contribution is -2.02. The van der Waals surface area contributed by atoms with Crippen LogP contribution < -0.4 is 5.32 Å². The Morgan fingerprint density at radius 3 is 2.67 bits per heavy atom. The number of aryl methyl sites for hydroxylation is 1. The number of nitrogens with zero attached hydrogens (tertiary/aromatic N) is 1. The molecule has 0 aliphatic heterocycles. The van der Waals surface area contributed by atoms with E-state index in [1.165, 1.54) is 0 Å². The number of hydrogen-bond acceptors (Lipinski definition) is 2. The molecule has 1 aromatic heterocycles. The Kier molecular flexibility index (Phi) is 4.65. The summed E-state index contributed by atoms with van der Waals surface area (Å²) >= 11 is 12.8. The van der Waals surface area contributed by atoms with Crippen molar-refractivity contribution in [3.8, 4) is 0 Å². The van der Waals surface area contributed by atoms with Crippen LogP contribution in [0.3, 0.4) is 0 Å². The van der Waals surface area contributed by atoms with Gasteiger partial charge in [0.2, 0.25) is 0 Å². The molecule has 5 heteroatoms. The summed E-state index contributed by atoms with van der Waals surface area (Å²) in [7, 11) is 0. The van der Waals surface area contributed by atoms with Crippen LogP contribution in [0.15, 0.2) is 39.4 Å². The van der Waals surface area contributed by atoms with Crippen LogP contribution in [-0.2, 0) is 6.54 Å². The highest BCUT2D eigenvalue weighted by atomic mass is 79.9. The van der Waals surface area contributed by atoms with Gasteiger partial charge in [0, 0.05) is 16.0 Å². The number of pyridine rings is 1. The smallest absolute Gasteiger partial charge is 0.106 e. The molecule has 0 aliphatic carbocycles. The minimum absolute atomic E-state index is 0.724. The van der Waals surface area contributed by atoms with Crippen molar-refractivity contribution in [3.63, 3.8) is 0 Å². The van der Waals surface area contributed by atoms with Crippen LogP contribution in [-0.4, -0.2) is 4.98 Å². The molecule has 0 aliphatic rings. The quantitative estimate of drug-likeness (QED) is 0.731. The molecule has 1 aromatic carbocycles. The molecular weight excluding hydrogens is 379 g/mol. The zero-order valence-electron chi connectivity index (χ0n) is 9.67. The Balaban J connectivity index is 2.11. The van der Waals surface area contributed by atoms with Crippen molar-refractivity contribution in [3.05, 3.63) is 55.7 Å². The van der Waals surface area contributed by atoms with Crippen molar-refractivity contribution in [2.45, 2.75) is 13.5 Å². The molecule has 2 aromatic rings. The van der Waals surface area contributed by atoms with E-state index in [1.807, 2.05) is 37.3 Å². The third-order valence-electron chi connectivity index (χ3n) is 2.54. The lowest BCUT2D eigenvalue weighted by atomic mass is 10.2. The van der Waals surface area contributed by atoms with Gasteiger partial charge in [-0.2, -0.15) is 0 Å². The second kappa shape index (κ2) is 6.04. The summed E-state index contributed by atoms with van der Waals surface area (Å²) < 4.78 is 1.85. The third-order valence-corrected chi connectivity index (χ3v) is 3.95. The van der Waals surface area contributed by atoms with Gasteiger partial charge in [-0.25, -0.2) is 4.98 Å². The molecule has 0 saturated carbocycles. The average Bonchev–Trinajstić information content (AvgIpc) is 2.30. The monoisotopic (exact) mass is 388 g/mol. The fourth-order valence-electron chi connectivity index (χ4n) is 1.57. The summed E-state index contributed by atoms with van der Waals surface area (Å²) in [4.78, 5) is 4.34. The molecule has 0 unspecified atom stereocenters. The van der Waals surface area contributed by atoms with E-state index in [0.717, 1.165) is 37.6 Å². The van der Waals surface area contributed by atoms with E-state index < -0.39 is 0 Å². The van der Waals surface area contributed by atoms with Gasteiger partial charge in [0.25, 0.3) is 0 Å². The Morgan fingerprint density at radius 1 is 1.22 bits per heavy atom. The minimum atomic E-state index is 0.724. The van der Waals surface area contributed by atoms with Gasteiger partial charge in [0.05, 0.1) is 11.4 Å². The average molecular weight is 391 g/mol. The highest BCUT2D eigenvalue weighted by Crippen LogP contribution is 2.23. The van der Waals surface area contributed by atoms with Crippen molar-refractivity contribution in [1.29, 1.82) is 0 Å². The molecule has 0 atom stereocenters. The Labute approximate surface area is 128 Å². The largest absolute Gasteiger partial charge is 0.379 e. The first-order valence-corrected chi connectivity index (χ1v) is 7.33. The fraction of sp³-hybridized carbons (Fsp3) is 0.154. The van der Waals surface area contributed by atoms with Crippen molar-refractivity contribution in [1.82, 2.24) is 4.98 Å². The Morgan fingerprint density at radius 2 is 2.00 bits per heavy atom. The van der Waals surface area contributed by atoms with E-state index in [-0.39, 0.29) is 0 Å². The molecule has 0 amide bonds. The van der Waals surface area contributed by atoms with Crippen LogP contribution in [0, 0.1) is 6.92 Å². The zero-order chi connectivity index (χ0) is 13.1. The molecular formula is C13H11Br2ClN2. The summed E-state index contributed by atoms with van der Waals surface area (Å²) in [6, 6.07) is 9.71. The van der Waals surface area contributed by atoms with E-state index in [2.05, 4.69) is 42.2 Å². The normalized spacial score (nSPS) is 10.4. The van der Waals surface area contributed by atoms with Crippen molar-refractivity contribution < 1.29 is 0 Å². The number of anilines is 1. The number of hydrogen-bond donors (Lipinski definition) is 1. The Bertz CT molecular complexity index is 521. The van der Waals surface area contributed by atoms with E-state index in [9.17, 15) is 0 Å². The third kappa shape index (κ3) is 3.46. The summed E-state index contributed by atoms with van der Waals surface area (Å²) in [6.07, 6.45) is 0. The van der Waals surface area contributed by atoms with Gasteiger partial charge in [0.15, 0.2) is 0 Å². The first kappa shape index (κ1) is 13.8. The molecule has 1 heterocycles. The number of nitrogens with one attached hydrogen (secondary N) is 1. The maximum atomic E-state index is 5.91. The molecule has 0 fully saturated rings. The van der Waals surface area contributed by atoms with E-state index in [0.29, 0.717) is 0 Å². The number of aromatic nitrogens is 1. The molecule has 94 valence electrons. The predicted molar refractivity (Wildman–Crippen MR) is 83.2 cm³/mol. The van der Waals surface area contributed by atoms with Gasteiger partial charge in [-0.15, -0.1) is 0 Å². The maximum absolute atomic E-state index is 5.91. The van der Waals surface area contributed by atoms with Crippen molar-refractivity contribution >= 4 is 49.1 Å². The summed E-state index contributed by atoms with van der Waals surface area (Å²) in [6.45, 7) is 2.70. The van der Waals surface area contributed by atoms with E-state index >= 15 is 0 Å². The van der Waals surface area contributed by atoms with Gasteiger partial charge in [0.1, 0.15) is 4.60 Å². The molecule has 0 spiro atoms. The molecule has 0 radical (unpaired) electrons. The first-order valence-electron chi connectivity index (χ1n) is 5.37. The molecule has 0 bridgehead atoms. The van der Waals surface area contributed by atoms with Gasteiger partial charge >= 0.3 is 0 Å². The van der Waals surface area contributed by atoms with Gasteiger partial charge in [-0.3, -0.25) is 0 Å². The zero-order valence-corrected chi connectivity index (χ0v) is 13.6. The van der Waals surface area contributed by atoms with E-state index in [4.69, 9.17) is 11.6 Å². The van der Waals surface area contributed by atoms with Crippen LogP contribution in [0.2, 0.25) is 5.02 Å². The summed E-state index contributed by atoms with van der Waals surface area (Å²) in [5.74, 6) is 0. The molecule has 2 rings (SSSR count). The van der Waals surface area contributed by atoms with Crippen molar-refractivity contribution in [2.75, 3.05) is 5.32 Å². The summed E-state index contributed by atoms with van der Waals surface area (Å²) in [5, 5.41) is 4.09. The van der Waals surface area contributed by atoms with Crippen LogP contribution in [0.4, 0.5) is 5.69 Å². The van der Waals surface area contributed by atoms with Gasteiger partial charge < -0.3 is 5.32 Å². The van der Waals surface area contributed by atoms with Crippen LogP contribution in [0.5, 0.6) is 0 Å². The molecule has 1 N–H and O–H groups in total. The highest BCUT2D eigenvalue weighted by Gasteiger charge is 2.03. The Hall–Kier alpha value is -0.580. The second-order valence-electron chi connectivity index (χ2n) is 3.86. The second-order valence-corrected chi connectivity index (χ2v) is 5.96. The van der Waals surface area contributed by atoms with Gasteiger partial charge in [-0.1, -0.05) is 33.6 Å². The highest BCUT2D eigenvalue weighted by molar-refractivity contribution is 9.10. The van der Waals surface area contributed by atoms with E-state index in [1.54, 1.807) is 0 Å². The lowest BCUT2D eigenvalue weighted by Gasteiger charge is -2.10. The van der Waals surface area contributed by atoms with Crippen molar-refractivity contribution in [2.24, 2.45) is 0 Å². The predicted octanol–water partition coefficient (Wildman–Crippen LogP) is 5.18. The maximum Gasteiger partial charge on any atom is 0.106 e. The van der Waals surface area contributed by atoms with Gasteiger partial charge in [-0.05, 0) is 52.7 Å². The number of halogens is 3. The molecule has 18 heavy (non-hydrogen) atoms. The summed E-state index contributed by atoms with van der Waals surface area (Å²) in [5.41, 5.74) is 3.15. The van der Waals surface area contributed by atoms with Crippen LogP contribution in [0.1, 0.15) is 11.3 Å². The SMILES string of the molecule is Cc1nc(Br)ccc1NCc1ccc(Cl)cc1Br. The van der Waals surface area contributed by atoms with Crippen LogP contribution >= 0.6 is 43.5 Å². The number of rotatable bonds is 3. The fourth-order valence-corrected chi connectivity index (χ4v) is 2.79. The molecule has 0 saturated heterocycles. The standard InChI is InChI=1S/C13H11Br2ClN2/c1-8-12(4-5-13(15)18-8)17-7-9-2-3-10(16)6-11(9)14/h2-6,17H,7H2,1H3. The number of benzene rings is 1. The molecule has 2 nitrogen and oxygen atoms in total. The first-order chi connectivity index (χ1) is 8.56. The van der Waals surface area contributed by atoms with Crippen LogP contribution in [0.25, 0.3) is 0 Å². The minimum Gasteiger partial charge on any atom is -0.379 e. The topological polar surface area (TPSA) is 24.9 Å². The lowest BCUT2D eigenvalue weighted by molar-refractivity contribution is 1.09.